The number of ether oxygens (including phenoxy) is 2. The number of aliphatic hydroxyl groups excluding tert-OH is 1. The number of methoxy groups -OCH3 is 1. The highest BCUT2D eigenvalue weighted by molar-refractivity contribution is 6.51. The van der Waals surface area contributed by atoms with Crippen molar-refractivity contribution in [2.24, 2.45) is 0 Å². The average molecular weight is 487 g/mol. The number of benzene rings is 2. The van der Waals surface area contributed by atoms with Crippen LogP contribution in [-0.2, 0) is 15.0 Å². The van der Waals surface area contributed by atoms with Crippen molar-refractivity contribution in [2.45, 2.75) is 39.2 Å². The number of carbonyl (C=O) groups is 2. The predicted molar refractivity (Wildman–Crippen MR) is 138 cm³/mol. The molecule has 1 saturated heterocycles. The number of hydrogen-bond donors (Lipinski definition) is 1. The van der Waals surface area contributed by atoms with Crippen molar-refractivity contribution in [1.82, 2.24) is 4.98 Å². The number of aliphatic hydroxyl groups is 1. The van der Waals surface area contributed by atoms with Gasteiger partial charge in [-0.15, -0.1) is 0 Å². The molecular weight excluding hydrogens is 456 g/mol. The van der Waals surface area contributed by atoms with Crippen LogP contribution in [0.4, 0.5) is 5.69 Å². The van der Waals surface area contributed by atoms with Gasteiger partial charge in [0, 0.05) is 29.2 Å². The second-order valence-electron chi connectivity index (χ2n) is 9.54. The Kier molecular flexibility index (Phi) is 6.84. The Hall–Kier alpha value is -4.13. The van der Waals surface area contributed by atoms with Gasteiger partial charge in [-0.3, -0.25) is 19.5 Å². The van der Waals surface area contributed by atoms with E-state index in [2.05, 4.69) is 4.98 Å². The summed E-state index contributed by atoms with van der Waals surface area (Å²) in [5.41, 5.74) is 2.24. The molecule has 0 aliphatic carbocycles. The zero-order chi connectivity index (χ0) is 26.0. The van der Waals surface area contributed by atoms with Crippen molar-refractivity contribution in [3.63, 3.8) is 0 Å². The van der Waals surface area contributed by atoms with Crippen LogP contribution in [0.3, 0.4) is 0 Å². The van der Waals surface area contributed by atoms with E-state index in [4.69, 9.17) is 9.47 Å². The first-order valence-electron chi connectivity index (χ1n) is 11.8. The molecule has 2 aromatic carbocycles. The highest BCUT2D eigenvalue weighted by Crippen LogP contribution is 2.43. The molecule has 1 N–H and O–H groups in total. The molecule has 3 aromatic rings. The van der Waals surface area contributed by atoms with E-state index in [0.717, 1.165) is 5.56 Å². The van der Waals surface area contributed by atoms with Crippen LogP contribution in [0.15, 0.2) is 72.6 Å². The van der Waals surface area contributed by atoms with Crippen LogP contribution >= 0.6 is 0 Å². The van der Waals surface area contributed by atoms with Crippen LogP contribution in [0.5, 0.6) is 11.5 Å². The Morgan fingerprint density at radius 3 is 2.28 bits per heavy atom. The monoisotopic (exact) mass is 486 g/mol. The average Bonchev–Trinajstić information content (AvgIpc) is 3.14. The third-order valence-corrected chi connectivity index (χ3v) is 6.18. The number of hydrogen-bond acceptors (Lipinski definition) is 6. The number of aromatic nitrogens is 1. The van der Waals surface area contributed by atoms with Gasteiger partial charge in [0.15, 0.2) is 0 Å². The minimum atomic E-state index is -0.828. The fraction of sp³-hybridized carbons (Fsp3) is 0.276. The van der Waals surface area contributed by atoms with Gasteiger partial charge >= 0.3 is 0 Å². The molecule has 2 heterocycles. The first-order valence-corrected chi connectivity index (χ1v) is 11.8. The Labute approximate surface area is 211 Å². The maximum Gasteiger partial charge on any atom is 0.300 e. The predicted octanol–water partition coefficient (Wildman–Crippen LogP) is 5.41. The molecule has 0 radical (unpaired) electrons. The number of rotatable bonds is 6. The zero-order valence-corrected chi connectivity index (χ0v) is 21.1. The van der Waals surface area contributed by atoms with Gasteiger partial charge in [0.05, 0.1) is 25.3 Å². The summed E-state index contributed by atoms with van der Waals surface area (Å²) in [6.07, 6.45) is 3.19. The molecule has 0 spiro atoms. The topological polar surface area (TPSA) is 89.0 Å². The van der Waals surface area contributed by atoms with Gasteiger partial charge in [-0.2, -0.15) is 0 Å². The van der Waals surface area contributed by atoms with Crippen LogP contribution in [-0.4, -0.2) is 35.5 Å². The standard InChI is InChI=1S/C29H30N2O5/c1-6-36-23-12-7-19(17-22(23)29(2,3)4)26(32)24-25(18-13-15-30-16-14-18)31(28(34)27(24)33)20-8-10-21(35-5)11-9-20/h7-17,25,32H,6H2,1-5H3/b26-24-. The van der Waals surface area contributed by atoms with Crippen molar-refractivity contribution >= 4 is 23.1 Å². The fourth-order valence-electron chi connectivity index (χ4n) is 4.40. The highest BCUT2D eigenvalue weighted by atomic mass is 16.5. The third-order valence-electron chi connectivity index (χ3n) is 6.18. The summed E-state index contributed by atoms with van der Waals surface area (Å²) in [5, 5.41) is 11.5. The first kappa shape index (κ1) is 25.0. The molecule has 1 aliphatic rings. The summed E-state index contributed by atoms with van der Waals surface area (Å²) < 4.78 is 11.0. The molecule has 36 heavy (non-hydrogen) atoms. The molecular formula is C29H30N2O5. The van der Waals surface area contributed by atoms with Gasteiger partial charge in [0.2, 0.25) is 0 Å². The molecule has 1 amide bonds. The van der Waals surface area contributed by atoms with E-state index < -0.39 is 17.7 Å². The van der Waals surface area contributed by atoms with Gasteiger partial charge in [0.1, 0.15) is 17.3 Å². The molecule has 7 nitrogen and oxygen atoms in total. The van der Waals surface area contributed by atoms with Crippen LogP contribution < -0.4 is 14.4 Å². The van der Waals surface area contributed by atoms with Gasteiger partial charge < -0.3 is 14.6 Å². The van der Waals surface area contributed by atoms with Crippen LogP contribution in [0, 0.1) is 0 Å². The van der Waals surface area contributed by atoms with Crippen molar-refractivity contribution in [1.29, 1.82) is 0 Å². The summed E-state index contributed by atoms with van der Waals surface area (Å²) in [5.74, 6) is -0.368. The fourth-order valence-corrected chi connectivity index (χ4v) is 4.40. The summed E-state index contributed by atoms with van der Waals surface area (Å²) >= 11 is 0. The lowest BCUT2D eigenvalue weighted by Crippen LogP contribution is -2.29. The lowest BCUT2D eigenvalue weighted by molar-refractivity contribution is -0.132. The second kappa shape index (κ2) is 9.85. The van der Waals surface area contributed by atoms with Gasteiger partial charge in [-0.1, -0.05) is 20.8 Å². The number of pyridine rings is 1. The molecule has 0 bridgehead atoms. The van der Waals surface area contributed by atoms with E-state index >= 15 is 0 Å². The highest BCUT2D eigenvalue weighted by Gasteiger charge is 2.47. The van der Waals surface area contributed by atoms with E-state index in [0.29, 0.717) is 34.9 Å². The molecule has 1 unspecified atom stereocenters. The van der Waals surface area contributed by atoms with E-state index in [1.54, 1.807) is 68.0 Å². The molecule has 1 aromatic heterocycles. The van der Waals surface area contributed by atoms with Crippen molar-refractivity contribution in [3.05, 3.63) is 89.3 Å². The normalized spacial score (nSPS) is 17.4. The lowest BCUT2D eigenvalue weighted by atomic mass is 9.84. The number of Topliss-reactive ketones (excluding diaryl/α,β-unsaturated/α-hetero) is 1. The summed E-state index contributed by atoms with van der Waals surface area (Å²) in [6.45, 7) is 8.57. The molecule has 186 valence electrons. The van der Waals surface area contributed by atoms with Crippen LogP contribution in [0.1, 0.15) is 50.4 Å². The molecule has 1 atom stereocenters. The van der Waals surface area contributed by atoms with Gasteiger partial charge in [-0.05, 0) is 72.5 Å². The number of nitrogens with zero attached hydrogens (tertiary/aromatic N) is 2. The molecule has 7 heteroatoms. The Balaban J connectivity index is 1.91. The zero-order valence-electron chi connectivity index (χ0n) is 21.1. The summed E-state index contributed by atoms with van der Waals surface area (Å²) in [7, 11) is 1.56. The van der Waals surface area contributed by atoms with Crippen molar-refractivity contribution in [3.8, 4) is 11.5 Å². The van der Waals surface area contributed by atoms with Gasteiger partial charge in [-0.25, -0.2) is 0 Å². The quantitative estimate of drug-likeness (QED) is 0.285. The van der Waals surface area contributed by atoms with E-state index in [1.807, 2.05) is 33.8 Å². The number of carbonyl (C=O) groups excluding carboxylic acids is 2. The minimum Gasteiger partial charge on any atom is -0.507 e. The minimum absolute atomic E-state index is 0.0195. The number of ketones is 1. The van der Waals surface area contributed by atoms with Crippen molar-refractivity contribution in [2.75, 3.05) is 18.6 Å². The van der Waals surface area contributed by atoms with Gasteiger partial charge in [0.25, 0.3) is 11.7 Å². The maximum atomic E-state index is 13.4. The van der Waals surface area contributed by atoms with Crippen LogP contribution in [0.2, 0.25) is 0 Å². The summed E-state index contributed by atoms with van der Waals surface area (Å²) in [6, 6.07) is 14.8. The molecule has 0 saturated carbocycles. The summed E-state index contributed by atoms with van der Waals surface area (Å²) in [4.78, 5) is 32.2. The Morgan fingerprint density at radius 1 is 1.03 bits per heavy atom. The second-order valence-corrected chi connectivity index (χ2v) is 9.54. The third kappa shape index (κ3) is 4.56. The lowest BCUT2D eigenvalue weighted by Gasteiger charge is -2.26. The van der Waals surface area contributed by atoms with E-state index in [9.17, 15) is 14.7 Å². The Morgan fingerprint density at radius 2 is 1.69 bits per heavy atom. The van der Waals surface area contributed by atoms with Crippen LogP contribution in [0.25, 0.3) is 5.76 Å². The Bertz CT molecular complexity index is 1310. The SMILES string of the molecule is CCOc1ccc(/C(O)=C2/C(=O)C(=O)N(c3ccc(OC)cc3)C2c2ccncc2)cc1C(C)(C)C. The van der Waals surface area contributed by atoms with E-state index in [1.165, 1.54) is 4.90 Å². The number of amides is 1. The smallest absolute Gasteiger partial charge is 0.300 e. The molecule has 1 aliphatic heterocycles. The number of anilines is 1. The maximum absolute atomic E-state index is 13.4. The molecule has 4 rings (SSSR count). The van der Waals surface area contributed by atoms with E-state index in [-0.39, 0.29) is 16.7 Å². The van der Waals surface area contributed by atoms with Crippen molar-refractivity contribution < 1.29 is 24.2 Å². The first-order chi connectivity index (χ1) is 17.2. The largest absolute Gasteiger partial charge is 0.507 e. The molecule has 1 fully saturated rings.